The average Bonchev–Trinajstić information content (AvgIpc) is 2.42. The molecule has 2 nitrogen and oxygen atoms in total. The summed E-state index contributed by atoms with van der Waals surface area (Å²) in [5, 5.41) is 3.71. The Morgan fingerprint density at radius 2 is 2.05 bits per heavy atom. The molecular formula is C18H29NO. The zero-order valence-electron chi connectivity index (χ0n) is 13.0. The van der Waals surface area contributed by atoms with Crippen LogP contribution in [0.25, 0.3) is 0 Å². The van der Waals surface area contributed by atoms with Crippen molar-refractivity contribution in [1.29, 1.82) is 0 Å². The second-order valence-electron chi connectivity index (χ2n) is 5.75. The molecule has 2 rings (SSSR count). The Balaban J connectivity index is 2.09. The molecule has 2 heteroatoms. The minimum Gasteiger partial charge on any atom is -0.382 e. The van der Waals surface area contributed by atoms with Crippen LogP contribution >= 0.6 is 0 Å². The summed E-state index contributed by atoms with van der Waals surface area (Å²) in [6.45, 7) is 7.03. The topological polar surface area (TPSA) is 21.3 Å². The molecular weight excluding hydrogens is 246 g/mol. The summed E-state index contributed by atoms with van der Waals surface area (Å²) in [7, 11) is 0. The van der Waals surface area contributed by atoms with Gasteiger partial charge in [-0.3, -0.25) is 0 Å². The second kappa shape index (κ2) is 8.43. The van der Waals surface area contributed by atoms with Gasteiger partial charge in [0.15, 0.2) is 0 Å². The van der Waals surface area contributed by atoms with E-state index in [-0.39, 0.29) is 0 Å². The van der Waals surface area contributed by atoms with Crippen molar-refractivity contribution in [1.82, 2.24) is 5.32 Å². The smallest absolute Gasteiger partial charge is 0.0484 e. The third-order valence-electron chi connectivity index (χ3n) is 4.31. The maximum Gasteiger partial charge on any atom is 0.0484 e. The van der Waals surface area contributed by atoms with Gasteiger partial charge in [-0.2, -0.15) is 0 Å². The monoisotopic (exact) mass is 275 g/mol. The first-order chi connectivity index (χ1) is 9.86. The fraction of sp³-hybridized carbons (Fsp3) is 0.667. The molecule has 1 aromatic carbocycles. The molecule has 1 saturated carbocycles. The van der Waals surface area contributed by atoms with Crippen LogP contribution in [0.1, 0.15) is 69.0 Å². The van der Waals surface area contributed by atoms with Crippen molar-refractivity contribution < 1.29 is 4.74 Å². The fourth-order valence-corrected chi connectivity index (χ4v) is 2.95. The summed E-state index contributed by atoms with van der Waals surface area (Å²) in [5.74, 6) is 0.796. The summed E-state index contributed by atoms with van der Waals surface area (Å²) in [6, 6.07) is 9.46. The largest absolute Gasteiger partial charge is 0.382 e. The Labute approximate surface area is 123 Å². The lowest BCUT2D eigenvalue weighted by atomic mass is 9.77. The number of hydrogen-bond acceptors (Lipinski definition) is 2. The van der Waals surface area contributed by atoms with Gasteiger partial charge < -0.3 is 10.1 Å². The highest BCUT2D eigenvalue weighted by atomic mass is 16.5. The normalized spacial score (nSPS) is 16.9. The second-order valence-corrected chi connectivity index (χ2v) is 5.75. The molecule has 0 spiro atoms. The molecule has 1 unspecified atom stereocenters. The molecule has 0 aromatic heterocycles. The Kier molecular flexibility index (Phi) is 6.55. The molecule has 0 bridgehead atoms. The van der Waals surface area contributed by atoms with Crippen LogP contribution in [0.4, 0.5) is 0 Å². The van der Waals surface area contributed by atoms with Crippen molar-refractivity contribution >= 4 is 0 Å². The van der Waals surface area contributed by atoms with Crippen LogP contribution in [0.2, 0.25) is 0 Å². The molecule has 1 aromatic rings. The standard InChI is InChI=1S/C18H29NO/c1-3-13-19-18(12-14-20-4-2)17-11-6-5-10-16(17)15-8-7-9-15/h5-6,10-11,15,18-19H,3-4,7-9,12-14H2,1-2H3. The van der Waals surface area contributed by atoms with E-state index in [2.05, 4.69) is 43.4 Å². The van der Waals surface area contributed by atoms with Gasteiger partial charge in [-0.25, -0.2) is 0 Å². The molecule has 1 atom stereocenters. The Bertz CT molecular complexity index is 387. The van der Waals surface area contributed by atoms with E-state index in [0.717, 1.165) is 32.1 Å². The van der Waals surface area contributed by atoms with Gasteiger partial charge >= 0.3 is 0 Å². The quantitative estimate of drug-likeness (QED) is 0.674. The molecule has 1 N–H and O–H groups in total. The van der Waals surface area contributed by atoms with Crippen molar-refractivity contribution in [3.63, 3.8) is 0 Å². The summed E-state index contributed by atoms with van der Waals surface area (Å²) in [5.41, 5.74) is 3.08. The minimum absolute atomic E-state index is 0.443. The number of nitrogens with one attached hydrogen (secondary N) is 1. The van der Waals surface area contributed by atoms with E-state index in [0.29, 0.717) is 6.04 Å². The van der Waals surface area contributed by atoms with E-state index >= 15 is 0 Å². The third kappa shape index (κ3) is 4.07. The van der Waals surface area contributed by atoms with E-state index in [9.17, 15) is 0 Å². The average molecular weight is 275 g/mol. The van der Waals surface area contributed by atoms with E-state index in [1.165, 1.54) is 31.2 Å². The molecule has 1 aliphatic rings. The predicted molar refractivity (Wildman–Crippen MR) is 85.2 cm³/mol. The van der Waals surface area contributed by atoms with Crippen LogP contribution in [0.3, 0.4) is 0 Å². The van der Waals surface area contributed by atoms with Crippen LogP contribution in [-0.4, -0.2) is 19.8 Å². The van der Waals surface area contributed by atoms with Crippen LogP contribution < -0.4 is 5.32 Å². The first-order valence-electron chi connectivity index (χ1n) is 8.26. The summed E-state index contributed by atoms with van der Waals surface area (Å²) in [6.07, 6.45) is 6.37. The molecule has 112 valence electrons. The lowest BCUT2D eigenvalue weighted by Crippen LogP contribution is -2.26. The number of ether oxygens (including phenoxy) is 1. The molecule has 0 amide bonds. The van der Waals surface area contributed by atoms with E-state index in [1.807, 2.05) is 0 Å². The van der Waals surface area contributed by atoms with Gasteiger partial charge in [0.05, 0.1) is 0 Å². The number of benzene rings is 1. The van der Waals surface area contributed by atoms with Crippen molar-refractivity contribution in [2.45, 2.75) is 57.9 Å². The third-order valence-corrected chi connectivity index (χ3v) is 4.31. The summed E-state index contributed by atoms with van der Waals surface area (Å²) in [4.78, 5) is 0. The summed E-state index contributed by atoms with van der Waals surface area (Å²) < 4.78 is 5.57. The minimum atomic E-state index is 0.443. The molecule has 0 radical (unpaired) electrons. The van der Waals surface area contributed by atoms with Crippen LogP contribution in [0.15, 0.2) is 24.3 Å². The maximum absolute atomic E-state index is 5.57. The lowest BCUT2D eigenvalue weighted by Gasteiger charge is -2.31. The van der Waals surface area contributed by atoms with Crippen molar-refractivity contribution in [3.8, 4) is 0 Å². The Morgan fingerprint density at radius 3 is 2.70 bits per heavy atom. The first-order valence-corrected chi connectivity index (χ1v) is 8.26. The van der Waals surface area contributed by atoms with Gasteiger partial charge in [0.1, 0.15) is 0 Å². The fourth-order valence-electron chi connectivity index (χ4n) is 2.95. The predicted octanol–water partition coefficient (Wildman–Crippen LogP) is 4.42. The molecule has 0 aliphatic heterocycles. The number of hydrogen-bond donors (Lipinski definition) is 1. The first kappa shape index (κ1) is 15.5. The van der Waals surface area contributed by atoms with Crippen molar-refractivity contribution in [2.24, 2.45) is 0 Å². The molecule has 20 heavy (non-hydrogen) atoms. The molecule has 0 saturated heterocycles. The zero-order valence-corrected chi connectivity index (χ0v) is 13.0. The van der Waals surface area contributed by atoms with E-state index < -0.39 is 0 Å². The lowest BCUT2D eigenvalue weighted by molar-refractivity contribution is 0.136. The van der Waals surface area contributed by atoms with Crippen LogP contribution in [-0.2, 0) is 4.74 Å². The van der Waals surface area contributed by atoms with Gasteiger partial charge in [0, 0.05) is 19.3 Å². The van der Waals surface area contributed by atoms with Gasteiger partial charge in [0.25, 0.3) is 0 Å². The van der Waals surface area contributed by atoms with Gasteiger partial charge in [-0.1, -0.05) is 37.6 Å². The van der Waals surface area contributed by atoms with Crippen molar-refractivity contribution in [2.75, 3.05) is 19.8 Å². The van der Waals surface area contributed by atoms with Crippen molar-refractivity contribution in [3.05, 3.63) is 35.4 Å². The Hall–Kier alpha value is -0.860. The van der Waals surface area contributed by atoms with Gasteiger partial charge in [-0.05, 0) is 56.2 Å². The van der Waals surface area contributed by atoms with Gasteiger partial charge in [-0.15, -0.1) is 0 Å². The molecule has 1 fully saturated rings. The SMILES string of the molecule is CCCNC(CCOCC)c1ccccc1C1CCC1. The highest BCUT2D eigenvalue weighted by molar-refractivity contribution is 5.34. The number of rotatable bonds is 9. The van der Waals surface area contributed by atoms with Gasteiger partial charge in [0.2, 0.25) is 0 Å². The molecule has 1 aliphatic carbocycles. The maximum atomic E-state index is 5.57. The van der Waals surface area contributed by atoms with Crippen LogP contribution in [0, 0.1) is 0 Å². The molecule has 0 heterocycles. The van der Waals surface area contributed by atoms with E-state index in [1.54, 1.807) is 5.56 Å². The highest BCUT2D eigenvalue weighted by Gasteiger charge is 2.24. The van der Waals surface area contributed by atoms with E-state index in [4.69, 9.17) is 4.74 Å². The summed E-state index contributed by atoms with van der Waals surface area (Å²) >= 11 is 0. The van der Waals surface area contributed by atoms with Crippen LogP contribution in [0.5, 0.6) is 0 Å². The zero-order chi connectivity index (χ0) is 14.2. The Morgan fingerprint density at radius 1 is 1.25 bits per heavy atom. The highest BCUT2D eigenvalue weighted by Crippen LogP contribution is 2.39.